The Morgan fingerprint density at radius 2 is 1.40 bits per heavy atom. The molecule has 1 heterocycles. The van der Waals surface area contributed by atoms with Gasteiger partial charge in [0.1, 0.15) is 0 Å². The van der Waals surface area contributed by atoms with E-state index in [1.54, 1.807) is 0 Å². The van der Waals surface area contributed by atoms with Crippen LogP contribution in [0, 0.1) is 0 Å². The lowest BCUT2D eigenvalue weighted by atomic mass is 9.94. The zero-order valence-electron chi connectivity index (χ0n) is 8.43. The highest BCUT2D eigenvalue weighted by molar-refractivity contribution is 6.08. The molecule has 2 rings (SSSR count). The van der Waals surface area contributed by atoms with E-state index in [2.05, 4.69) is 0 Å². The molecule has 0 radical (unpaired) electrons. The van der Waals surface area contributed by atoms with Crippen molar-refractivity contribution in [2.75, 3.05) is 0 Å². The summed E-state index contributed by atoms with van der Waals surface area (Å²) in [5, 5.41) is 18.6. The van der Waals surface area contributed by atoms with E-state index >= 15 is 0 Å². The van der Waals surface area contributed by atoms with Crippen LogP contribution in [0.3, 0.4) is 0 Å². The molecule has 1 aliphatic heterocycles. The van der Waals surface area contributed by atoms with Crippen molar-refractivity contribution in [3.05, 3.63) is 0 Å². The van der Waals surface area contributed by atoms with E-state index in [1.807, 2.05) is 0 Å². The summed E-state index contributed by atoms with van der Waals surface area (Å²) in [4.78, 5) is 24.1. The molecule has 0 bridgehead atoms. The largest absolute Gasteiger partial charge is 0.380 e. The van der Waals surface area contributed by atoms with Crippen molar-refractivity contribution in [3.8, 4) is 0 Å². The Morgan fingerprint density at radius 3 is 1.87 bits per heavy atom. The van der Waals surface area contributed by atoms with Gasteiger partial charge < -0.3 is 10.2 Å². The number of carbonyl (C=O) groups excluding carboxylic acids is 2. The summed E-state index contributed by atoms with van der Waals surface area (Å²) in [7, 11) is 0. The molecule has 0 aromatic carbocycles. The van der Waals surface area contributed by atoms with E-state index in [0.29, 0.717) is 0 Å². The molecule has 2 aliphatic rings. The molecular weight excluding hydrogens is 198 g/mol. The lowest BCUT2D eigenvalue weighted by Gasteiger charge is -2.29. The Balaban J connectivity index is 2.14. The van der Waals surface area contributed by atoms with Gasteiger partial charge in [-0.1, -0.05) is 19.3 Å². The number of nitrogens with zero attached hydrogens (tertiary/aromatic N) is 1. The molecule has 1 saturated carbocycles. The van der Waals surface area contributed by atoms with Crippen molar-refractivity contribution in [1.82, 2.24) is 4.90 Å². The van der Waals surface area contributed by atoms with Crippen LogP contribution in [0.25, 0.3) is 0 Å². The number of aliphatic hydroxyl groups is 2. The standard InChI is InChI=1S/C10H15NO4/c12-7-8(13)10(15)11(9(7)14)6-4-2-1-3-5-6/h6-8,12-13H,1-5H2/t7-,8+. The number of amides is 2. The molecule has 84 valence electrons. The molecule has 5 nitrogen and oxygen atoms in total. The fourth-order valence-corrected chi connectivity index (χ4v) is 2.36. The predicted octanol–water partition coefficient (Wildman–Crippen LogP) is -0.590. The fraction of sp³-hybridized carbons (Fsp3) is 0.800. The molecular formula is C10H15NO4. The molecule has 2 amide bonds. The second kappa shape index (κ2) is 3.90. The summed E-state index contributed by atoms with van der Waals surface area (Å²) in [6.45, 7) is 0. The van der Waals surface area contributed by atoms with Gasteiger partial charge in [-0.05, 0) is 12.8 Å². The highest BCUT2D eigenvalue weighted by Crippen LogP contribution is 2.27. The second-order valence-electron chi connectivity index (χ2n) is 4.23. The minimum absolute atomic E-state index is 0.120. The number of rotatable bonds is 1. The van der Waals surface area contributed by atoms with E-state index in [9.17, 15) is 19.8 Å². The van der Waals surface area contributed by atoms with Gasteiger partial charge in [0, 0.05) is 6.04 Å². The molecule has 0 aromatic rings. The SMILES string of the molecule is O=C1[C@@H](O)[C@@H](O)C(=O)N1C1CCCCC1. The van der Waals surface area contributed by atoms with E-state index < -0.39 is 24.0 Å². The number of aliphatic hydroxyl groups excluding tert-OH is 2. The Kier molecular flexibility index (Phi) is 2.75. The first-order chi connectivity index (χ1) is 7.13. The number of likely N-dealkylation sites (tertiary alicyclic amines) is 1. The lowest BCUT2D eigenvalue weighted by Crippen LogP contribution is -2.42. The van der Waals surface area contributed by atoms with Crippen LogP contribution in [0.2, 0.25) is 0 Å². The van der Waals surface area contributed by atoms with Gasteiger partial charge in [-0.25, -0.2) is 0 Å². The van der Waals surface area contributed by atoms with Crippen LogP contribution in [0.1, 0.15) is 32.1 Å². The van der Waals surface area contributed by atoms with Crippen molar-refractivity contribution < 1.29 is 19.8 Å². The van der Waals surface area contributed by atoms with Crippen LogP contribution >= 0.6 is 0 Å². The summed E-state index contributed by atoms with van der Waals surface area (Å²) in [5.41, 5.74) is 0. The maximum Gasteiger partial charge on any atom is 0.261 e. The second-order valence-corrected chi connectivity index (χ2v) is 4.23. The smallest absolute Gasteiger partial charge is 0.261 e. The monoisotopic (exact) mass is 213 g/mol. The van der Waals surface area contributed by atoms with Gasteiger partial charge in [0.05, 0.1) is 0 Å². The number of carbonyl (C=O) groups is 2. The molecule has 15 heavy (non-hydrogen) atoms. The van der Waals surface area contributed by atoms with Crippen LogP contribution in [0.15, 0.2) is 0 Å². The van der Waals surface area contributed by atoms with Crippen molar-refractivity contribution >= 4 is 11.8 Å². The van der Waals surface area contributed by atoms with Crippen LogP contribution in [0.4, 0.5) is 0 Å². The van der Waals surface area contributed by atoms with Gasteiger partial charge in [-0.15, -0.1) is 0 Å². The first-order valence-corrected chi connectivity index (χ1v) is 5.36. The molecule has 5 heteroatoms. The summed E-state index contributed by atoms with van der Waals surface area (Å²) in [6, 6.07) is -0.120. The molecule has 0 aromatic heterocycles. The van der Waals surface area contributed by atoms with E-state index in [-0.39, 0.29) is 6.04 Å². The molecule has 1 saturated heterocycles. The number of hydrogen-bond acceptors (Lipinski definition) is 4. The summed E-state index contributed by atoms with van der Waals surface area (Å²) in [6.07, 6.45) is 1.58. The van der Waals surface area contributed by atoms with Gasteiger partial charge in [-0.3, -0.25) is 14.5 Å². The maximum absolute atomic E-state index is 11.5. The first kappa shape index (κ1) is 10.6. The third-order valence-electron chi connectivity index (χ3n) is 3.22. The highest BCUT2D eigenvalue weighted by Gasteiger charge is 2.48. The summed E-state index contributed by atoms with van der Waals surface area (Å²) in [5.74, 6) is -1.28. The van der Waals surface area contributed by atoms with E-state index in [4.69, 9.17) is 0 Å². The molecule has 2 N–H and O–H groups in total. The Labute approximate surface area is 87.7 Å². The maximum atomic E-state index is 11.5. The topological polar surface area (TPSA) is 77.8 Å². The van der Waals surface area contributed by atoms with Gasteiger partial charge >= 0.3 is 0 Å². The van der Waals surface area contributed by atoms with Gasteiger partial charge in [0.15, 0.2) is 12.2 Å². The zero-order chi connectivity index (χ0) is 11.0. The first-order valence-electron chi connectivity index (χ1n) is 5.36. The van der Waals surface area contributed by atoms with Gasteiger partial charge in [-0.2, -0.15) is 0 Å². The predicted molar refractivity (Wildman–Crippen MR) is 50.7 cm³/mol. The normalized spacial score (nSPS) is 33.9. The Hall–Kier alpha value is -0.940. The van der Waals surface area contributed by atoms with Crippen molar-refractivity contribution in [2.24, 2.45) is 0 Å². The van der Waals surface area contributed by atoms with Crippen LogP contribution in [-0.4, -0.2) is 45.2 Å². The van der Waals surface area contributed by atoms with Crippen molar-refractivity contribution in [3.63, 3.8) is 0 Å². The molecule has 2 fully saturated rings. The minimum Gasteiger partial charge on any atom is -0.380 e. The summed E-state index contributed by atoms with van der Waals surface area (Å²) < 4.78 is 0. The quantitative estimate of drug-likeness (QED) is 0.571. The van der Waals surface area contributed by atoms with Gasteiger partial charge in [0.25, 0.3) is 11.8 Å². The van der Waals surface area contributed by atoms with Crippen molar-refractivity contribution in [1.29, 1.82) is 0 Å². The Morgan fingerprint density at radius 1 is 0.933 bits per heavy atom. The minimum atomic E-state index is -1.56. The molecule has 2 atom stereocenters. The fourth-order valence-electron chi connectivity index (χ4n) is 2.36. The average molecular weight is 213 g/mol. The lowest BCUT2D eigenvalue weighted by molar-refractivity contribution is -0.144. The van der Waals surface area contributed by atoms with Crippen molar-refractivity contribution in [2.45, 2.75) is 50.4 Å². The van der Waals surface area contributed by atoms with Crippen LogP contribution < -0.4 is 0 Å². The highest BCUT2D eigenvalue weighted by atomic mass is 16.4. The molecule has 0 spiro atoms. The van der Waals surface area contributed by atoms with Crippen LogP contribution in [-0.2, 0) is 9.59 Å². The van der Waals surface area contributed by atoms with E-state index in [1.165, 1.54) is 0 Å². The number of imide groups is 1. The van der Waals surface area contributed by atoms with E-state index in [0.717, 1.165) is 37.0 Å². The van der Waals surface area contributed by atoms with Crippen LogP contribution in [0.5, 0.6) is 0 Å². The third kappa shape index (κ3) is 1.66. The summed E-state index contributed by atoms with van der Waals surface area (Å²) >= 11 is 0. The molecule has 1 aliphatic carbocycles. The van der Waals surface area contributed by atoms with Gasteiger partial charge in [0.2, 0.25) is 0 Å². The Bertz CT molecular complexity index is 265. The molecule has 0 unspecified atom stereocenters. The average Bonchev–Trinajstić information content (AvgIpc) is 2.45. The zero-order valence-corrected chi connectivity index (χ0v) is 8.43. The number of hydrogen-bond donors (Lipinski definition) is 2. The third-order valence-corrected chi connectivity index (χ3v) is 3.22.